The Bertz CT molecular complexity index is 700. The van der Waals surface area contributed by atoms with Crippen molar-refractivity contribution in [2.24, 2.45) is 0 Å². The van der Waals surface area contributed by atoms with E-state index < -0.39 is 46.4 Å². The van der Waals surface area contributed by atoms with Crippen molar-refractivity contribution in [2.75, 3.05) is 0 Å². The first-order valence-corrected chi connectivity index (χ1v) is 6.95. The number of ether oxygens (including phenoxy) is 2. The average molecular weight is 397 g/mol. The molecule has 0 saturated carbocycles. The van der Waals surface area contributed by atoms with Gasteiger partial charge < -0.3 is 9.47 Å². The second-order valence-electron chi connectivity index (χ2n) is 5.06. The van der Waals surface area contributed by atoms with Crippen molar-refractivity contribution in [2.45, 2.75) is 25.8 Å². The maximum absolute atomic E-state index is 14.1. The fraction of sp³-hybridized carbons (Fsp3) is 0.286. The van der Waals surface area contributed by atoms with Gasteiger partial charge in [-0.25, -0.2) is 14.0 Å². The molecule has 0 spiro atoms. The molecule has 23 heavy (non-hydrogen) atoms. The second kappa shape index (κ2) is 5.63. The molecule has 0 radical (unpaired) electrons. The van der Waals surface area contributed by atoms with Crippen LogP contribution in [-0.4, -0.2) is 17.7 Å². The Hall–Kier alpha value is -1.90. The van der Waals surface area contributed by atoms with Gasteiger partial charge in [-0.15, -0.1) is 0 Å². The number of hydrogen-bond acceptors (Lipinski definition) is 4. The summed E-state index contributed by atoms with van der Waals surface area (Å²) in [7, 11) is 0. The first-order valence-electron chi connectivity index (χ1n) is 6.16. The van der Waals surface area contributed by atoms with E-state index in [-0.39, 0.29) is 4.47 Å². The van der Waals surface area contributed by atoms with Crippen LogP contribution in [0, 0.1) is 5.82 Å². The lowest BCUT2D eigenvalue weighted by molar-refractivity contribution is -0.222. The van der Waals surface area contributed by atoms with E-state index in [1.807, 2.05) is 0 Å². The van der Waals surface area contributed by atoms with E-state index in [2.05, 4.69) is 15.9 Å². The molecule has 124 valence electrons. The third-order valence-corrected chi connectivity index (χ3v) is 3.46. The predicted octanol–water partition coefficient (Wildman–Crippen LogP) is 3.83. The van der Waals surface area contributed by atoms with Crippen molar-refractivity contribution in [3.05, 3.63) is 39.1 Å². The maximum atomic E-state index is 14.1. The van der Waals surface area contributed by atoms with Crippen molar-refractivity contribution < 1.29 is 36.6 Å². The summed E-state index contributed by atoms with van der Waals surface area (Å²) in [6, 6.07) is 1.50. The van der Waals surface area contributed by atoms with Crippen LogP contribution in [0.5, 0.6) is 0 Å². The van der Waals surface area contributed by atoms with Gasteiger partial charge in [-0.05, 0) is 34.1 Å². The highest BCUT2D eigenvalue weighted by Crippen LogP contribution is 2.37. The Morgan fingerprint density at radius 1 is 1.13 bits per heavy atom. The third kappa shape index (κ3) is 3.54. The van der Waals surface area contributed by atoms with Gasteiger partial charge in [0.1, 0.15) is 11.4 Å². The first-order chi connectivity index (χ1) is 10.4. The van der Waals surface area contributed by atoms with Crippen LogP contribution in [-0.2, 0) is 25.2 Å². The molecule has 0 aliphatic carbocycles. The van der Waals surface area contributed by atoms with Crippen LogP contribution in [0.2, 0.25) is 0 Å². The first kappa shape index (κ1) is 17.5. The molecule has 0 unspecified atom stereocenters. The monoisotopic (exact) mass is 396 g/mol. The number of cyclic esters (lactones) is 2. The summed E-state index contributed by atoms with van der Waals surface area (Å²) < 4.78 is 62.3. The van der Waals surface area contributed by atoms with Crippen molar-refractivity contribution in [1.82, 2.24) is 0 Å². The maximum Gasteiger partial charge on any atom is 0.417 e. The van der Waals surface area contributed by atoms with E-state index >= 15 is 0 Å². The molecule has 1 saturated heterocycles. The highest BCUT2D eigenvalue weighted by molar-refractivity contribution is 9.10. The number of carbonyl (C=O) groups excluding carboxylic acids is 2. The zero-order valence-electron chi connectivity index (χ0n) is 11.8. The molecule has 0 aromatic heterocycles. The number of hydrogen-bond donors (Lipinski definition) is 0. The lowest BCUT2D eigenvalue weighted by Crippen LogP contribution is -2.41. The summed E-state index contributed by atoms with van der Waals surface area (Å²) in [6.07, 6.45) is -4.40. The molecule has 1 aliphatic rings. The normalized spacial score (nSPS) is 17.6. The number of esters is 2. The summed E-state index contributed by atoms with van der Waals surface area (Å²) in [5.74, 6) is -5.20. The number of rotatable bonds is 1. The van der Waals surface area contributed by atoms with Gasteiger partial charge in [0.05, 0.1) is 10.0 Å². The highest BCUT2D eigenvalue weighted by atomic mass is 79.9. The molecule has 1 heterocycles. The Labute approximate surface area is 136 Å². The van der Waals surface area contributed by atoms with Gasteiger partial charge in [0.25, 0.3) is 5.79 Å². The molecular formula is C14H9BrF4O4. The quantitative estimate of drug-likeness (QED) is 0.313. The fourth-order valence-corrected chi connectivity index (χ4v) is 2.22. The lowest BCUT2D eigenvalue weighted by atomic mass is 10.0. The average Bonchev–Trinajstić information content (AvgIpc) is 2.35. The fourth-order valence-electron chi connectivity index (χ4n) is 1.88. The van der Waals surface area contributed by atoms with E-state index in [1.165, 1.54) is 13.8 Å². The van der Waals surface area contributed by atoms with Crippen molar-refractivity contribution in [3.63, 3.8) is 0 Å². The molecule has 9 heteroatoms. The van der Waals surface area contributed by atoms with Crippen molar-refractivity contribution in [1.29, 1.82) is 0 Å². The molecule has 0 atom stereocenters. The summed E-state index contributed by atoms with van der Waals surface area (Å²) in [6.45, 7) is 2.56. The standard InChI is InChI=1S/C14H9BrF4O4/c1-13(2)22-11(20)7(12(21)23-13)5-6-8(14(17,18)19)3-4-9(15)10(6)16/h3-5H,1-2H3. The van der Waals surface area contributed by atoms with Crippen LogP contribution in [0.15, 0.2) is 22.2 Å². The minimum absolute atomic E-state index is 0.254. The zero-order chi connectivity index (χ0) is 17.6. The molecule has 1 aliphatic heterocycles. The number of halogens is 5. The molecule has 1 aromatic carbocycles. The number of alkyl halides is 3. The Morgan fingerprint density at radius 3 is 2.13 bits per heavy atom. The van der Waals surface area contributed by atoms with Crippen LogP contribution in [0.3, 0.4) is 0 Å². The van der Waals surface area contributed by atoms with Crippen LogP contribution in [0.25, 0.3) is 6.08 Å². The lowest BCUT2D eigenvalue weighted by Gasteiger charge is -2.29. The van der Waals surface area contributed by atoms with Crippen LogP contribution in [0.1, 0.15) is 25.0 Å². The van der Waals surface area contributed by atoms with Gasteiger partial charge in [0.2, 0.25) is 0 Å². The SMILES string of the molecule is CC1(C)OC(=O)C(=Cc2c(C(F)(F)F)ccc(Br)c2F)C(=O)O1. The summed E-state index contributed by atoms with van der Waals surface area (Å²) in [5.41, 5.74) is -3.13. The molecule has 0 bridgehead atoms. The number of carbonyl (C=O) groups is 2. The molecule has 1 fully saturated rings. The van der Waals surface area contributed by atoms with E-state index in [1.54, 1.807) is 0 Å². The van der Waals surface area contributed by atoms with E-state index in [4.69, 9.17) is 9.47 Å². The van der Waals surface area contributed by atoms with Crippen molar-refractivity contribution >= 4 is 33.9 Å². The van der Waals surface area contributed by atoms with Gasteiger partial charge in [0, 0.05) is 19.4 Å². The van der Waals surface area contributed by atoms with Gasteiger partial charge in [0.15, 0.2) is 0 Å². The number of benzene rings is 1. The highest BCUT2D eigenvalue weighted by Gasteiger charge is 2.40. The second-order valence-corrected chi connectivity index (χ2v) is 5.91. The van der Waals surface area contributed by atoms with Gasteiger partial charge in [-0.1, -0.05) is 0 Å². The minimum atomic E-state index is -4.88. The Balaban J connectivity index is 2.61. The van der Waals surface area contributed by atoms with E-state index in [9.17, 15) is 27.2 Å². The Kier molecular flexibility index (Phi) is 4.27. The van der Waals surface area contributed by atoms with Crippen LogP contribution < -0.4 is 0 Å². The molecule has 1 aromatic rings. The van der Waals surface area contributed by atoms with Crippen LogP contribution in [0.4, 0.5) is 17.6 Å². The summed E-state index contributed by atoms with van der Waals surface area (Å²) >= 11 is 2.76. The van der Waals surface area contributed by atoms with Gasteiger partial charge in [-0.3, -0.25) is 0 Å². The van der Waals surface area contributed by atoms with E-state index in [0.717, 1.165) is 6.07 Å². The van der Waals surface area contributed by atoms with Crippen LogP contribution >= 0.6 is 15.9 Å². The minimum Gasteiger partial charge on any atom is -0.419 e. The smallest absolute Gasteiger partial charge is 0.417 e. The molecule has 4 nitrogen and oxygen atoms in total. The topological polar surface area (TPSA) is 52.6 Å². The Morgan fingerprint density at radius 2 is 1.65 bits per heavy atom. The molecular weight excluding hydrogens is 388 g/mol. The summed E-state index contributed by atoms with van der Waals surface area (Å²) in [5, 5.41) is 0. The molecule has 0 amide bonds. The zero-order valence-corrected chi connectivity index (χ0v) is 13.3. The van der Waals surface area contributed by atoms with E-state index in [0.29, 0.717) is 12.1 Å². The van der Waals surface area contributed by atoms with Crippen molar-refractivity contribution in [3.8, 4) is 0 Å². The van der Waals surface area contributed by atoms with Gasteiger partial charge >= 0.3 is 18.1 Å². The molecule has 2 rings (SSSR count). The van der Waals surface area contributed by atoms with Gasteiger partial charge in [-0.2, -0.15) is 13.2 Å². The molecule has 0 N–H and O–H groups in total. The third-order valence-electron chi connectivity index (χ3n) is 2.84. The summed E-state index contributed by atoms with van der Waals surface area (Å²) in [4.78, 5) is 23.6. The predicted molar refractivity (Wildman–Crippen MR) is 73.3 cm³/mol. The largest absolute Gasteiger partial charge is 0.419 e.